The van der Waals surface area contributed by atoms with E-state index >= 15 is 0 Å². The van der Waals surface area contributed by atoms with Gasteiger partial charge in [0, 0.05) is 18.5 Å². The van der Waals surface area contributed by atoms with E-state index in [4.69, 9.17) is 16.3 Å². The van der Waals surface area contributed by atoms with Gasteiger partial charge in [0.1, 0.15) is 5.15 Å². The van der Waals surface area contributed by atoms with E-state index in [-0.39, 0.29) is 23.4 Å². The maximum absolute atomic E-state index is 12.6. The van der Waals surface area contributed by atoms with Crippen molar-refractivity contribution in [1.82, 2.24) is 4.98 Å². The second kappa shape index (κ2) is 8.77. The van der Waals surface area contributed by atoms with Gasteiger partial charge in [-0.2, -0.15) is 0 Å². The summed E-state index contributed by atoms with van der Waals surface area (Å²) in [6.07, 6.45) is 8.40. The van der Waals surface area contributed by atoms with Crippen LogP contribution < -0.4 is 0 Å². The number of hydrogen-bond donors (Lipinski definition) is 0. The number of rotatable bonds is 6. The summed E-state index contributed by atoms with van der Waals surface area (Å²) in [7, 11) is 0. The number of Topliss-reactive ketones (excluding diaryl/α,β-unsaturated/α-hetero) is 1. The predicted molar refractivity (Wildman–Crippen MR) is 89.1 cm³/mol. The number of aliphatic imine (C=N–C) groups is 1. The molecule has 1 atom stereocenters. The van der Waals surface area contributed by atoms with Gasteiger partial charge >= 0.3 is 5.97 Å². The zero-order valence-corrected chi connectivity index (χ0v) is 14.0. The van der Waals surface area contributed by atoms with E-state index in [0.29, 0.717) is 0 Å². The maximum atomic E-state index is 12.6. The van der Waals surface area contributed by atoms with Gasteiger partial charge in [0.25, 0.3) is 0 Å². The summed E-state index contributed by atoms with van der Waals surface area (Å²) in [6.45, 7) is 1.91. The first-order chi connectivity index (χ1) is 11.1. The molecule has 0 amide bonds. The molecular weight excluding hydrogens is 316 g/mol. The van der Waals surface area contributed by atoms with Crippen LogP contribution in [0.1, 0.15) is 49.4 Å². The lowest BCUT2D eigenvalue weighted by atomic mass is 9.95. The van der Waals surface area contributed by atoms with E-state index in [1.807, 2.05) is 0 Å². The second-order valence-corrected chi connectivity index (χ2v) is 5.88. The van der Waals surface area contributed by atoms with Crippen LogP contribution in [-0.2, 0) is 9.53 Å². The van der Waals surface area contributed by atoms with Gasteiger partial charge < -0.3 is 4.74 Å². The summed E-state index contributed by atoms with van der Waals surface area (Å²) in [5, 5.41) is 0.0814. The normalized spacial score (nSPS) is 17.1. The van der Waals surface area contributed by atoms with E-state index in [9.17, 15) is 9.59 Å². The van der Waals surface area contributed by atoms with Crippen molar-refractivity contribution >= 4 is 29.6 Å². The molecule has 1 aliphatic carbocycles. The largest absolute Gasteiger partial charge is 0.465 e. The SMILES string of the molecule is CCOC(=O)C(C=NC1CCCCC1)C(=O)c1cccnc1Cl. The highest BCUT2D eigenvalue weighted by Crippen LogP contribution is 2.21. The Kier molecular flexibility index (Phi) is 6.71. The fourth-order valence-electron chi connectivity index (χ4n) is 2.64. The van der Waals surface area contributed by atoms with Crippen molar-refractivity contribution in [3.63, 3.8) is 0 Å². The smallest absolute Gasteiger partial charge is 0.322 e. The molecule has 2 rings (SSSR count). The predicted octanol–water partition coefficient (Wildman–Crippen LogP) is 3.50. The molecule has 23 heavy (non-hydrogen) atoms. The van der Waals surface area contributed by atoms with Crippen molar-refractivity contribution in [3.05, 3.63) is 29.0 Å². The molecule has 1 aromatic heterocycles. The molecule has 0 N–H and O–H groups in total. The number of esters is 1. The number of aromatic nitrogens is 1. The Morgan fingerprint density at radius 1 is 1.43 bits per heavy atom. The highest BCUT2D eigenvalue weighted by molar-refractivity contribution is 6.34. The van der Waals surface area contributed by atoms with Crippen molar-refractivity contribution < 1.29 is 14.3 Å². The van der Waals surface area contributed by atoms with E-state index < -0.39 is 17.7 Å². The van der Waals surface area contributed by atoms with Crippen LogP contribution in [0.4, 0.5) is 0 Å². The lowest BCUT2D eigenvalue weighted by molar-refractivity contribution is -0.143. The fraction of sp³-hybridized carbons (Fsp3) is 0.529. The van der Waals surface area contributed by atoms with Gasteiger partial charge in [0.2, 0.25) is 0 Å². The van der Waals surface area contributed by atoms with Crippen LogP contribution in [0.3, 0.4) is 0 Å². The molecule has 5 nitrogen and oxygen atoms in total. The molecule has 124 valence electrons. The van der Waals surface area contributed by atoms with Gasteiger partial charge in [0.05, 0.1) is 12.2 Å². The Labute approximate surface area is 141 Å². The average molecular weight is 337 g/mol. The highest BCUT2D eigenvalue weighted by atomic mass is 35.5. The Bertz CT molecular complexity index is 583. The number of nitrogens with zero attached hydrogens (tertiary/aromatic N) is 2. The number of ether oxygens (including phenoxy) is 1. The van der Waals surface area contributed by atoms with Crippen LogP contribution in [0.15, 0.2) is 23.3 Å². The Balaban J connectivity index is 2.19. The second-order valence-electron chi connectivity index (χ2n) is 5.53. The van der Waals surface area contributed by atoms with Crippen molar-refractivity contribution in [2.24, 2.45) is 10.9 Å². The van der Waals surface area contributed by atoms with Crippen LogP contribution in [-0.4, -0.2) is 35.6 Å². The summed E-state index contributed by atoms with van der Waals surface area (Å²) in [5.41, 5.74) is 0.210. The first-order valence-corrected chi connectivity index (χ1v) is 8.36. The van der Waals surface area contributed by atoms with E-state index in [1.165, 1.54) is 18.8 Å². The third kappa shape index (κ3) is 4.86. The third-order valence-electron chi connectivity index (χ3n) is 3.87. The van der Waals surface area contributed by atoms with Crippen LogP contribution in [0.25, 0.3) is 0 Å². The number of hydrogen-bond acceptors (Lipinski definition) is 5. The average Bonchev–Trinajstić information content (AvgIpc) is 2.56. The van der Waals surface area contributed by atoms with Crippen LogP contribution in [0, 0.1) is 5.92 Å². The van der Waals surface area contributed by atoms with Crippen molar-refractivity contribution in [2.75, 3.05) is 6.61 Å². The van der Waals surface area contributed by atoms with Crippen molar-refractivity contribution in [1.29, 1.82) is 0 Å². The summed E-state index contributed by atoms with van der Waals surface area (Å²) in [4.78, 5) is 33.1. The zero-order chi connectivity index (χ0) is 16.7. The number of halogens is 1. The first kappa shape index (κ1) is 17.6. The molecule has 1 unspecified atom stereocenters. The molecule has 1 saturated carbocycles. The number of pyridine rings is 1. The number of carbonyl (C=O) groups excluding carboxylic acids is 2. The Morgan fingerprint density at radius 2 is 2.17 bits per heavy atom. The van der Waals surface area contributed by atoms with Gasteiger partial charge in [-0.15, -0.1) is 0 Å². The van der Waals surface area contributed by atoms with E-state index in [2.05, 4.69) is 9.98 Å². The maximum Gasteiger partial charge on any atom is 0.322 e. The van der Waals surface area contributed by atoms with Gasteiger partial charge in [0.15, 0.2) is 11.7 Å². The van der Waals surface area contributed by atoms with Gasteiger partial charge in [-0.05, 0) is 31.9 Å². The first-order valence-electron chi connectivity index (χ1n) is 7.98. The van der Waals surface area contributed by atoms with Gasteiger partial charge in [-0.3, -0.25) is 14.6 Å². The molecule has 1 fully saturated rings. The topological polar surface area (TPSA) is 68.6 Å². The van der Waals surface area contributed by atoms with Crippen molar-refractivity contribution in [2.45, 2.75) is 45.1 Å². The summed E-state index contributed by atoms with van der Waals surface area (Å²) >= 11 is 5.97. The molecule has 0 aliphatic heterocycles. The minimum atomic E-state index is -1.07. The minimum absolute atomic E-state index is 0.0814. The molecule has 0 aromatic carbocycles. The monoisotopic (exact) mass is 336 g/mol. The lowest BCUT2D eigenvalue weighted by Gasteiger charge is -2.18. The van der Waals surface area contributed by atoms with Gasteiger partial charge in [-0.25, -0.2) is 4.98 Å². The molecule has 0 saturated heterocycles. The summed E-state index contributed by atoms with van der Waals surface area (Å²) in [6, 6.07) is 3.34. The molecule has 0 radical (unpaired) electrons. The number of ketones is 1. The Hall–Kier alpha value is -1.75. The molecule has 0 spiro atoms. The third-order valence-corrected chi connectivity index (χ3v) is 4.17. The van der Waals surface area contributed by atoms with Crippen LogP contribution >= 0.6 is 11.6 Å². The van der Waals surface area contributed by atoms with Gasteiger partial charge in [-0.1, -0.05) is 30.9 Å². The Morgan fingerprint density at radius 3 is 2.83 bits per heavy atom. The molecule has 6 heteroatoms. The number of carbonyl (C=O) groups is 2. The molecule has 1 aromatic rings. The molecule has 1 heterocycles. The fourth-order valence-corrected chi connectivity index (χ4v) is 2.86. The molecule has 0 bridgehead atoms. The van der Waals surface area contributed by atoms with Crippen molar-refractivity contribution in [3.8, 4) is 0 Å². The summed E-state index contributed by atoms with van der Waals surface area (Å²) in [5.74, 6) is -2.10. The quantitative estimate of drug-likeness (QED) is 0.262. The minimum Gasteiger partial charge on any atom is -0.465 e. The summed E-state index contributed by atoms with van der Waals surface area (Å²) < 4.78 is 5.01. The van der Waals surface area contributed by atoms with E-state index in [1.54, 1.807) is 19.1 Å². The van der Waals surface area contributed by atoms with E-state index in [0.717, 1.165) is 25.7 Å². The standard InChI is InChI=1S/C17H21ClN2O3/c1-2-23-17(22)14(11-20-12-7-4-3-5-8-12)15(21)13-9-6-10-19-16(13)18/h6,9-12,14H,2-5,7-8H2,1H3. The lowest BCUT2D eigenvalue weighted by Crippen LogP contribution is -2.29. The van der Waals surface area contributed by atoms with Crippen LogP contribution in [0.5, 0.6) is 0 Å². The van der Waals surface area contributed by atoms with Crippen LogP contribution in [0.2, 0.25) is 5.15 Å². The molecule has 1 aliphatic rings. The highest BCUT2D eigenvalue weighted by Gasteiger charge is 2.29. The zero-order valence-electron chi connectivity index (χ0n) is 13.2. The molecular formula is C17H21ClN2O3.